The number of ketones is 1. The summed E-state index contributed by atoms with van der Waals surface area (Å²) >= 11 is 6.04. The molecule has 0 bridgehead atoms. The maximum absolute atomic E-state index is 13.5. The molecule has 140 valence electrons. The van der Waals surface area contributed by atoms with Gasteiger partial charge in [-0.05, 0) is 54.1 Å². The number of benzene rings is 2. The van der Waals surface area contributed by atoms with E-state index in [2.05, 4.69) is 0 Å². The van der Waals surface area contributed by atoms with Crippen LogP contribution in [0.1, 0.15) is 16.1 Å². The van der Waals surface area contributed by atoms with Gasteiger partial charge in [-0.1, -0.05) is 29.8 Å². The summed E-state index contributed by atoms with van der Waals surface area (Å²) in [5.41, 5.74) is 3.83. The van der Waals surface area contributed by atoms with Crippen LogP contribution in [0.5, 0.6) is 11.5 Å². The molecule has 0 aliphatic carbocycles. The van der Waals surface area contributed by atoms with E-state index in [0.717, 1.165) is 16.6 Å². The summed E-state index contributed by atoms with van der Waals surface area (Å²) in [5, 5.41) is 0.653. The van der Waals surface area contributed by atoms with Crippen LogP contribution in [-0.4, -0.2) is 24.4 Å². The number of fused-ring (bicyclic) bond motifs is 1. The van der Waals surface area contributed by atoms with Crippen LogP contribution in [0, 0.1) is 0 Å². The summed E-state index contributed by atoms with van der Waals surface area (Å²) in [7, 11) is 3.12. The first-order valence-corrected chi connectivity index (χ1v) is 9.13. The summed E-state index contributed by atoms with van der Waals surface area (Å²) in [4.78, 5) is 13.5. The summed E-state index contributed by atoms with van der Waals surface area (Å²) < 4.78 is 12.5. The molecule has 0 saturated carbocycles. The predicted octanol–water partition coefficient (Wildman–Crippen LogP) is 5.51. The number of ether oxygens (including phenoxy) is 2. The first-order chi connectivity index (χ1) is 13.6. The van der Waals surface area contributed by atoms with E-state index in [0.29, 0.717) is 27.8 Å². The Hall–Kier alpha value is -3.24. The lowest BCUT2D eigenvalue weighted by molar-refractivity contribution is 0.103. The summed E-state index contributed by atoms with van der Waals surface area (Å²) in [6, 6.07) is 20.5. The zero-order valence-corrected chi connectivity index (χ0v) is 16.2. The second kappa shape index (κ2) is 7.41. The van der Waals surface area contributed by atoms with Crippen LogP contribution in [-0.2, 0) is 0 Å². The molecule has 0 aliphatic heterocycles. The van der Waals surface area contributed by atoms with Crippen molar-refractivity contribution in [1.29, 1.82) is 0 Å². The van der Waals surface area contributed by atoms with Crippen LogP contribution >= 0.6 is 11.6 Å². The lowest BCUT2D eigenvalue weighted by Crippen LogP contribution is -2.07. The molecule has 4 aromatic rings. The molecular formula is C23H18ClNO3. The number of hydrogen-bond donors (Lipinski definition) is 0. The number of pyridine rings is 1. The molecule has 0 spiro atoms. The van der Waals surface area contributed by atoms with Crippen LogP contribution in [0.25, 0.3) is 16.6 Å². The number of aromatic nitrogens is 1. The van der Waals surface area contributed by atoms with Gasteiger partial charge in [-0.2, -0.15) is 0 Å². The SMILES string of the molecule is COc1ccc(C(=O)c2c(-c3ccc(Cl)cc3)cc3ccccn23)cc1OC. The minimum atomic E-state index is -0.0999. The van der Waals surface area contributed by atoms with E-state index in [1.807, 2.05) is 59.1 Å². The number of halogens is 1. The first kappa shape index (κ1) is 18.1. The summed E-state index contributed by atoms with van der Waals surface area (Å²) in [6.45, 7) is 0. The standard InChI is InChI=1S/C23H18ClNO3/c1-27-20-11-8-16(13-21(20)28-2)23(26)22-19(15-6-9-17(24)10-7-15)14-18-5-3-4-12-25(18)22/h3-14H,1-2H3. The quantitative estimate of drug-likeness (QED) is 0.421. The maximum atomic E-state index is 13.5. The Morgan fingerprint density at radius 3 is 2.36 bits per heavy atom. The van der Waals surface area contributed by atoms with E-state index >= 15 is 0 Å². The lowest BCUT2D eigenvalue weighted by atomic mass is 10.00. The number of rotatable bonds is 5. The van der Waals surface area contributed by atoms with Crippen molar-refractivity contribution in [2.45, 2.75) is 0 Å². The van der Waals surface area contributed by atoms with Crippen molar-refractivity contribution in [2.75, 3.05) is 14.2 Å². The van der Waals surface area contributed by atoms with Gasteiger partial charge in [0.05, 0.1) is 14.2 Å². The van der Waals surface area contributed by atoms with Gasteiger partial charge in [0, 0.05) is 27.9 Å². The number of hydrogen-bond acceptors (Lipinski definition) is 3. The van der Waals surface area contributed by atoms with Crippen molar-refractivity contribution in [1.82, 2.24) is 4.40 Å². The molecule has 2 aromatic carbocycles. The number of methoxy groups -OCH3 is 2. The smallest absolute Gasteiger partial charge is 0.210 e. The molecule has 4 rings (SSSR count). The van der Waals surface area contributed by atoms with Crippen LogP contribution in [0.15, 0.2) is 72.9 Å². The van der Waals surface area contributed by atoms with E-state index in [1.165, 1.54) is 0 Å². The maximum Gasteiger partial charge on any atom is 0.210 e. The molecule has 0 unspecified atom stereocenters. The summed E-state index contributed by atoms with van der Waals surface area (Å²) in [6.07, 6.45) is 1.89. The normalized spacial score (nSPS) is 10.8. The van der Waals surface area contributed by atoms with Gasteiger partial charge >= 0.3 is 0 Å². The zero-order valence-electron chi connectivity index (χ0n) is 15.5. The Balaban J connectivity index is 1.91. The highest BCUT2D eigenvalue weighted by Crippen LogP contribution is 2.33. The van der Waals surface area contributed by atoms with Crippen molar-refractivity contribution >= 4 is 22.9 Å². The molecule has 0 N–H and O–H groups in total. The van der Waals surface area contributed by atoms with Crippen molar-refractivity contribution in [3.8, 4) is 22.6 Å². The second-order valence-corrected chi connectivity index (χ2v) is 6.74. The Morgan fingerprint density at radius 2 is 1.64 bits per heavy atom. The third kappa shape index (κ3) is 3.12. The van der Waals surface area contributed by atoms with E-state index in [9.17, 15) is 4.79 Å². The molecule has 0 saturated heterocycles. The lowest BCUT2D eigenvalue weighted by Gasteiger charge is -2.10. The van der Waals surface area contributed by atoms with E-state index < -0.39 is 0 Å². The van der Waals surface area contributed by atoms with Gasteiger partial charge in [-0.15, -0.1) is 0 Å². The monoisotopic (exact) mass is 391 g/mol. The molecule has 5 heteroatoms. The fourth-order valence-corrected chi connectivity index (χ4v) is 3.44. The largest absolute Gasteiger partial charge is 0.493 e. The number of carbonyl (C=O) groups is 1. The number of carbonyl (C=O) groups excluding carboxylic acids is 1. The Bertz CT molecular complexity index is 1160. The van der Waals surface area contributed by atoms with Gasteiger partial charge in [0.1, 0.15) is 5.69 Å². The minimum Gasteiger partial charge on any atom is -0.493 e. The molecule has 0 atom stereocenters. The fraction of sp³-hybridized carbons (Fsp3) is 0.0870. The van der Waals surface area contributed by atoms with Gasteiger partial charge in [0.15, 0.2) is 11.5 Å². The van der Waals surface area contributed by atoms with Crippen molar-refractivity contribution in [3.63, 3.8) is 0 Å². The average molecular weight is 392 g/mol. The van der Waals surface area contributed by atoms with Crippen molar-refractivity contribution in [3.05, 3.63) is 89.2 Å². The van der Waals surface area contributed by atoms with Crippen LogP contribution in [0.3, 0.4) is 0 Å². The molecule has 0 amide bonds. The molecule has 0 aliphatic rings. The average Bonchev–Trinajstić information content (AvgIpc) is 3.12. The molecule has 2 aromatic heterocycles. The Kier molecular flexibility index (Phi) is 4.80. The van der Waals surface area contributed by atoms with Crippen LogP contribution in [0.2, 0.25) is 5.02 Å². The van der Waals surface area contributed by atoms with Crippen LogP contribution in [0.4, 0.5) is 0 Å². The number of nitrogens with zero attached hydrogens (tertiary/aromatic N) is 1. The Labute approximate surface area is 167 Å². The minimum absolute atomic E-state index is 0.0999. The third-order valence-corrected chi connectivity index (χ3v) is 4.95. The third-order valence-electron chi connectivity index (χ3n) is 4.70. The van der Waals surface area contributed by atoms with Gasteiger partial charge in [-0.25, -0.2) is 0 Å². The molecule has 28 heavy (non-hydrogen) atoms. The molecule has 0 radical (unpaired) electrons. The first-order valence-electron chi connectivity index (χ1n) is 8.75. The summed E-state index contributed by atoms with van der Waals surface area (Å²) in [5.74, 6) is 0.997. The van der Waals surface area contributed by atoms with Gasteiger partial charge in [-0.3, -0.25) is 4.79 Å². The highest BCUT2D eigenvalue weighted by molar-refractivity contribution is 6.30. The van der Waals surface area contributed by atoms with Gasteiger partial charge in [0.25, 0.3) is 0 Å². The van der Waals surface area contributed by atoms with E-state index in [4.69, 9.17) is 21.1 Å². The van der Waals surface area contributed by atoms with Crippen molar-refractivity contribution < 1.29 is 14.3 Å². The van der Waals surface area contributed by atoms with Gasteiger partial charge in [0.2, 0.25) is 5.78 Å². The Morgan fingerprint density at radius 1 is 0.893 bits per heavy atom. The predicted molar refractivity (Wildman–Crippen MR) is 111 cm³/mol. The molecule has 2 heterocycles. The zero-order chi connectivity index (χ0) is 19.7. The highest BCUT2D eigenvalue weighted by Gasteiger charge is 2.21. The second-order valence-electron chi connectivity index (χ2n) is 6.31. The molecule has 0 fully saturated rings. The molecule has 4 nitrogen and oxygen atoms in total. The molecular weight excluding hydrogens is 374 g/mol. The van der Waals surface area contributed by atoms with Gasteiger partial charge < -0.3 is 13.9 Å². The topological polar surface area (TPSA) is 39.9 Å². The highest BCUT2D eigenvalue weighted by atomic mass is 35.5. The van der Waals surface area contributed by atoms with E-state index in [-0.39, 0.29) is 5.78 Å². The fourth-order valence-electron chi connectivity index (χ4n) is 3.32. The van der Waals surface area contributed by atoms with E-state index in [1.54, 1.807) is 32.4 Å². The van der Waals surface area contributed by atoms with Crippen molar-refractivity contribution in [2.24, 2.45) is 0 Å². The van der Waals surface area contributed by atoms with Crippen LogP contribution < -0.4 is 9.47 Å².